The lowest BCUT2D eigenvalue weighted by atomic mass is 10.1. The Morgan fingerprint density at radius 2 is 2.00 bits per heavy atom. The molecule has 0 saturated carbocycles. The van der Waals surface area contributed by atoms with E-state index in [4.69, 9.17) is 17.3 Å². The van der Waals surface area contributed by atoms with E-state index in [-0.39, 0.29) is 10.3 Å². The lowest BCUT2D eigenvalue weighted by Gasteiger charge is -2.03. The molecule has 0 bridgehead atoms. The first kappa shape index (κ1) is 11.5. The Kier molecular flexibility index (Phi) is 3.01. The van der Waals surface area contributed by atoms with Gasteiger partial charge in [-0.3, -0.25) is 0 Å². The summed E-state index contributed by atoms with van der Waals surface area (Å²) in [6.07, 6.45) is 0. The van der Waals surface area contributed by atoms with Crippen LogP contribution in [0.1, 0.15) is 16.1 Å². The molecular weight excluding hydrogens is 236 g/mol. The van der Waals surface area contributed by atoms with Crippen LogP contribution in [0.4, 0.5) is 0 Å². The van der Waals surface area contributed by atoms with Gasteiger partial charge in [-0.15, -0.1) is 0 Å². The van der Waals surface area contributed by atoms with E-state index < -0.39 is 5.97 Å². The van der Waals surface area contributed by atoms with Gasteiger partial charge in [-0.05, 0) is 6.92 Å². The number of nitrogens with zero attached hydrogens (tertiary/aromatic N) is 1. The number of aryl methyl sites for hydroxylation is 1. The van der Waals surface area contributed by atoms with E-state index in [9.17, 15) is 4.79 Å². The molecule has 1 heterocycles. The molecule has 0 amide bonds. The van der Waals surface area contributed by atoms with Crippen molar-refractivity contribution in [2.75, 3.05) is 0 Å². The third kappa shape index (κ3) is 2.57. The van der Waals surface area contributed by atoms with Gasteiger partial charge in [-0.25, -0.2) is 9.78 Å². The first-order valence-corrected chi connectivity index (χ1v) is 5.39. The first-order chi connectivity index (χ1) is 8.06. The zero-order valence-corrected chi connectivity index (χ0v) is 9.91. The van der Waals surface area contributed by atoms with Gasteiger partial charge in [-0.1, -0.05) is 42.0 Å². The van der Waals surface area contributed by atoms with E-state index in [2.05, 4.69) is 9.97 Å². The second-order valence-electron chi connectivity index (χ2n) is 3.65. The molecule has 17 heavy (non-hydrogen) atoms. The molecule has 0 spiro atoms. The van der Waals surface area contributed by atoms with Gasteiger partial charge in [0, 0.05) is 11.6 Å². The van der Waals surface area contributed by atoms with E-state index in [0.717, 1.165) is 11.1 Å². The van der Waals surface area contributed by atoms with Crippen LogP contribution in [-0.2, 0) is 0 Å². The lowest BCUT2D eigenvalue weighted by Crippen LogP contribution is -2.03. The zero-order valence-electron chi connectivity index (χ0n) is 9.10. The molecule has 0 radical (unpaired) electrons. The molecule has 2 rings (SSSR count). The summed E-state index contributed by atoms with van der Waals surface area (Å²) in [5, 5.41) is 8.92. The number of benzene rings is 1. The molecule has 4 nitrogen and oxygen atoms in total. The highest BCUT2D eigenvalue weighted by molar-refractivity contribution is 7.71. The third-order valence-electron chi connectivity index (χ3n) is 2.30. The quantitative estimate of drug-likeness (QED) is 0.800. The fourth-order valence-electron chi connectivity index (χ4n) is 1.42. The molecular formula is C12H10N2O2S. The van der Waals surface area contributed by atoms with Gasteiger partial charge in [0.2, 0.25) is 0 Å². The number of H-pyrrole nitrogens is 1. The highest BCUT2D eigenvalue weighted by atomic mass is 32.1. The summed E-state index contributed by atoms with van der Waals surface area (Å²) < 4.78 is 0.261. The Morgan fingerprint density at radius 1 is 1.35 bits per heavy atom. The van der Waals surface area contributed by atoms with Gasteiger partial charge >= 0.3 is 5.97 Å². The first-order valence-electron chi connectivity index (χ1n) is 4.98. The molecule has 0 aliphatic carbocycles. The summed E-state index contributed by atoms with van der Waals surface area (Å²) in [7, 11) is 0. The minimum atomic E-state index is -1.05. The third-order valence-corrected chi connectivity index (χ3v) is 2.51. The Bertz CT molecular complexity index is 617. The van der Waals surface area contributed by atoms with Crippen molar-refractivity contribution >= 4 is 18.2 Å². The predicted molar refractivity (Wildman–Crippen MR) is 66.6 cm³/mol. The minimum Gasteiger partial charge on any atom is -0.477 e. The number of hydrogen-bond donors (Lipinski definition) is 2. The number of carboxylic acids is 1. The minimum absolute atomic E-state index is 0.0422. The van der Waals surface area contributed by atoms with E-state index in [1.54, 1.807) is 0 Å². The fourth-order valence-corrected chi connectivity index (χ4v) is 1.63. The van der Waals surface area contributed by atoms with E-state index in [0.29, 0.717) is 5.82 Å². The van der Waals surface area contributed by atoms with Crippen molar-refractivity contribution in [3.05, 3.63) is 46.2 Å². The van der Waals surface area contributed by atoms with Gasteiger partial charge in [0.25, 0.3) is 0 Å². The molecule has 0 atom stereocenters. The van der Waals surface area contributed by atoms with Gasteiger partial charge in [0.05, 0.1) is 0 Å². The summed E-state index contributed by atoms with van der Waals surface area (Å²) in [6, 6.07) is 8.93. The summed E-state index contributed by atoms with van der Waals surface area (Å²) in [6.45, 7) is 1.98. The second-order valence-corrected chi connectivity index (χ2v) is 4.07. The lowest BCUT2D eigenvalue weighted by molar-refractivity contribution is 0.0690. The molecule has 1 aromatic carbocycles. The van der Waals surface area contributed by atoms with Crippen molar-refractivity contribution in [1.82, 2.24) is 9.97 Å². The van der Waals surface area contributed by atoms with Crippen LogP contribution in [0.5, 0.6) is 0 Å². The maximum absolute atomic E-state index is 10.9. The molecule has 2 aromatic rings. The SMILES string of the molecule is Cc1ccc(-c2nc(=S)cc(C(=O)O)[nH]2)cc1. The van der Waals surface area contributed by atoms with Crippen LogP contribution in [0.3, 0.4) is 0 Å². The largest absolute Gasteiger partial charge is 0.477 e. The van der Waals surface area contributed by atoms with Crippen LogP contribution in [0.25, 0.3) is 11.4 Å². The maximum atomic E-state index is 10.9. The molecule has 0 fully saturated rings. The van der Waals surface area contributed by atoms with E-state index >= 15 is 0 Å². The van der Waals surface area contributed by atoms with Crippen LogP contribution in [0, 0.1) is 11.6 Å². The zero-order chi connectivity index (χ0) is 12.4. The van der Waals surface area contributed by atoms with E-state index in [1.165, 1.54) is 6.07 Å². The number of aromatic amines is 1. The summed E-state index contributed by atoms with van der Waals surface area (Å²) >= 11 is 4.94. The van der Waals surface area contributed by atoms with Gasteiger partial charge < -0.3 is 10.1 Å². The molecule has 0 aliphatic heterocycles. The number of nitrogens with one attached hydrogen (secondary N) is 1. The van der Waals surface area contributed by atoms with Crippen molar-refractivity contribution < 1.29 is 9.90 Å². The molecule has 5 heteroatoms. The molecule has 0 aliphatic rings. The molecule has 0 saturated heterocycles. The second kappa shape index (κ2) is 4.47. The van der Waals surface area contributed by atoms with Gasteiger partial charge in [0.15, 0.2) is 0 Å². The Morgan fingerprint density at radius 3 is 2.59 bits per heavy atom. The van der Waals surface area contributed by atoms with Gasteiger partial charge in [0.1, 0.15) is 16.2 Å². The normalized spacial score (nSPS) is 10.2. The molecule has 1 aromatic heterocycles. The monoisotopic (exact) mass is 246 g/mol. The average molecular weight is 246 g/mol. The Labute approximate surface area is 103 Å². The van der Waals surface area contributed by atoms with Crippen molar-refractivity contribution in [2.45, 2.75) is 6.92 Å². The molecule has 0 unspecified atom stereocenters. The van der Waals surface area contributed by atoms with Crippen molar-refractivity contribution in [1.29, 1.82) is 0 Å². The fraction of sp³-hybridized carbons (Fsp3) is 0.0833. The maximum Gasteiger partial charge on any atom is 0.352 e. The molecule has 2 N–H and O–H groups in total. The molecule has 86 valence electrons. The van der Waals surface area contributed by atoms with E-state index in [1.807, 2.05) is 31.2 Å². The van der Waals surface area contributed by atoms with Gasteiger partial charge in [-0.2, -0.15) is 0 Å². The van der Waals surface area contributed by atoms with Crippen molar-refractivity contribution in [3.8, 4) is 11.4 Å². The Balaban J connectivity index is 2.55. The summed E-state index contributed by atoms with van der Waals surface area (Å²) in [5.41, 5.74) is 1.98. The van der Waals surface area contributed by atoms with Crippen LogP contribution in [0.15, 0.2) is 30.3 Å². The number of hydrogen-bond acceptors (Lipinski definition) is 3. The van der Waals surface area contributed by atoms with Crippen LogP contribution in [0.2, 0.25) is 0 Å². The van der Waals surface area contributed by atoms with Crippen LogP contribution < -0.4 is 0 Å². The number of carboxylic acid groups (broad SMARTS) is 1. The number of rotatable bonds is 2. The number of carbonyl (C=O) groups is 1. The summed E-state index contributed by atoms with van der Waals surface area (Å²) in [4.78, 5) is 17.7. The number of aromatic nitrogens is 2. The average Bonchev–Trinajstić information content (AvgIpc) is 2.29. The number of aromatic carboxylic acids is 1. The smallest absolute Gasteiger partial charge is 0.352 e. The summed E-state index contributed by atoms with van der Waals surface area (Å²) in [5.74, 6) is -0.582. The van der Waals surface area contributed by atoms with Crippen LogP contribution in [-0.4, -0.2) is 21.0 Å². The predicted octanol–water partition coefficient (Wildman–Crippen LogP) is 2.81. The Hall–Kier alpha value is -2.01. The standard InChI is InChI=1S/C12H10N2O2S/c1-7-2-4-8(5-3-7)11-13-9(12(15)16)6-10(17)14-11/h2-6H,1H3,(H,15,16)(H,13,14,17). The topological polar surface area (TPSA) is 66.0 Å². The van der Waals surface area contributed by atoms with Crippen molar-refractivity contribution in [3.63, 3.8) is 0 Å². The van der Waals surface area contributed by atoms with Crippen molar-refractivity contribution in [2.24, 2.45) is 0 Å². The highest BCUT2D eigenvalue weighted by Gasteiger charge is 2.07. The highest BCUT2D eigenvalue weighted by Crippen LogP contribution is 2.15. The van der Waals surface area contributed by atoms with Crippen LogP contribution >= 0.6 is 12.2 Å².